The molecule has 1 N–H and O–H groups in total. The number of hydrogen-bond donors (Lipinski definition) is 1. The highest BCUT2D eigenvalue weighted by Crippen LogP contribution is 2.21. The Morgan fingerprint density at radius 2 is 1.95 bits per heavy atom. The Bertz CT molecular complexity index is 482. The molecule has 0 aliphatic carbocycles. The smallest absolute Gasteiger partial charge is 0.254 e. The van der Waals surface area contributed by atoms with Gasteiger partial charge < -0.3 is 10.2 Å². The number of hydrogen-bond acceptors (Lipinski definition) is 3. The van der Waals surface area contributed by atoms with E-state index in [0.717, 1.165) is 32.1 Å². The van der Waals surface area contributed by atoms with E-state index < -0.39 is 5.82 Å². The minimum atomic E-state index is -0.570. The van der Waals surface area contributed by atoms with Crippen molar-refractivity contribution in [3.63, 3.8) is 0 Å². The fraction of sp³-hybridized carbons (Fsp3) is 0.625. The number of nitrogens with one attached hydrogen (secondary N) is 1. The summed E-state index contributed by atoms with van der Waals surface area (Å²) in [6.07, 6.45) is 2.85. The summed E-state index contributed by atoms with van der Waals surface area (Å²) >= 11 is 0. The molecule has 1 fully saturated rings. The van der Waals surface area contributed by atoms with Crippen LogP contribution < -0.4 is 5.32 Å². The van der Waals surface area contributed by atoms with Crippen LogP contribution >= 0.6 is 0 Å². The van der Waals surface area contributed by atoms with Gasteiger partial charge in [-0.2, -0.15) is 0 Å². The first-order valence-electron chi connectivity index (χ1n) is 7.53. The number of likely N-dealkylation sites (tertiary alicyclic amines) is 1. The second-order valence-corrected chi connectivity index (χ2v) is 5.62. The maximum atomic E-state index is 13.6. The van der Waals surface area contributed by atoms with Crippen LogP contribution in [0.15, 0.2) is 12.3 Å². The zero-order valence-corrected chi connectivity index (χ0v) is 13.7. The number of aromatic nitrogens is 1. The summed E-state index contributed by atoms with van der Waals surface area (Å²) in [5.41, 5.74) is 0.459. The number of carbonyl (C=O) groups excluding carboxylic acids is 1. The highest BCUT2D eigenvalue weighted by atomic mass is 19.1. The lowest BCUT2D eigenvalue weighted by molar-refractivity contribution is 0.0847. The van der Waals surface area contributed by atoms with E-state index in [4.69, 9.17) is 0 Å². The van der Waals surface area contributed by atoms with Gasteiger partial charge in [0.25, 0.3) is 5.91 Å². The Morgan fingerprint density at radius 3 is 2.52 bits per heavy atom. The summed E-state index contributed by atoms with van der Waals surface area (Å²) in [6.45, 7) is 9.64. The molecule has 0 aromatic carbocycles. The fourth-order valence-corrected chi connectivity index (χ4v) is 2.30. The van der Waals surface area contributed by atoms with Crippen LogP contribution in [0.1, 0.15) is 49.7 Å². The Morgan fingerprint density at radius 1 is 1.38 bits per heavy atom. The summed E-state index contributed by atoms with van der Waals surface area (Å²) in [4.78, 5) is 18.2. The van der Waals surface area contributed by atoms with Crippen LogP contribution in [0, 0.1) is 12.7 Å². The Balaban J connectivity index is 0.00000106. The van der Waals surface area contributed by atoms with Gasteiger partial charge in [0.15, 0.2) is 5.82 Å². The van der Waals surface area contributed by atoms with E-state index in [9.17, 15) is 9.18 Å². The number of aryl methyl sites for hydroxylation is 1. The number of piperidine rings is 1. The molecule has 0 unspecified atom stereocenters. The zero-order valence-electron chi connectivity index (χ0n) is 13.7. The van der Waals surface area contributed by atoms with Gasteiger partial charge in [0.2, 0.25) is 0 Å². The van der Waals surface area contributed by atoms with Crippen LogP contribution in [0.5, 0.6) is 0 Å². The van der Waals surface area contributed by atoms with Crippen LogP contribution in [0.3, 0.4) is 0 Å². The minimum absolute atomic E-state index is 0.0765. The van der Waals surface area contributed by atoms with Gasteiger partial charge in [-0.3, -0.25) is 9.78 Å². The molecule has 0 atom stereocenters. The molecule has 0 radical (unpaired) electrons. The van der Waals surface area contributed by atoms with Crippen LogP contribution in [-0.2, 0) is 0 Å². The van der Waals surface area contributed by atoms with Gasteiger partial charge in [-0.05, 0) is 39.8 Å². The van der Waals surface area contributed by atoms with Crippen molar-refractivity contribution in [2.75, 3.05) is 20.1 Å². The van der Waals surface area contributed by atoms with Crippen LogP contribution in [0.4, 0.5) is 4.39 Å². The molecule has 1 aromatic rings. The second kappa shape index (κ2) is 7.50. The number of nitrogens with zero attached hydrogens (tertiary/aromatic N) is 2. The van der Waals surface area contributed by atoms with Gasteiger partial charge in [-0.25, -0.2) is 4.39 Å². The van der Waals surface area contributed by atoms with E-state index in [1.165, 1.54) is 6.07 Å². The van der Waals surface area contributed by atoms with E-state index in [1.807, 2.05) is 20.8 Å². The molecule has 1 saturated heterocycles. The monoisotopic (exact) mass is 295 g/mol. The van der Waals surface area contributed by atoms with E-state index in [0.29, 0.717) is 5.69 Å². The van der Waals surface area contributed by atoms with E-state index in [1.54, 1.807) is 6.92 Å². The quantitative estimate of drug-likeness (QED) is 0.912. The molecule has 1 aromatic heterocycles. The molecule has 5 heteroatoms. The first-order valence-corrected chi connectivity index (χ1v) is 7.53. The maximum absolute atomic E-state index is 13.6. The molecule has 21 heavy (non-hydrogen) atoms. The van der Waals surface area contributed by atoms with Crippen LogP contribution in [0.25, 0.3) is 0 Å². The SMILES string of the molecule is CC.Cc1cc(C(=O)NC2(C)CCN(C)CC2)c(F)cn1. The maximum Gasteiger partial charge on any atom is 0.254 e. The van der Waals surface area contributed by atoms with E-state index in [2.05, 4.69) is 22.2 Å². The summed E-state index contributed by atoms with van der Waals surface area (Å²) < 4.78 is 13.6. The predicted molar refractivity (Wildman–Crippen MR) is 82.9 cm³/mol. The summed E-state index contributed by atoms with van der Waals surface area (Å²) in [7, 11) is 2.06. The van der Waals surface area contributed by atoms with Gasteiger partial charge in [-0.15, -0.1) is 0 Å². The predicted octanol–water partition coefficient (Wildman–Crippen LogP) is 2.77. The summed E-state index contributed by atoms with van der Waals surface area (Å²) in [6, 6.07) is 1.49. The van der Waals surface area contributed by atoms with Crippen LogP contribution in [0.2, 0.25) is 0 Å². The third-order valence-corrected chi connectivity index (χ3v) is 3.74. The average Bonchev–Trinajstić information content (AvgIpc) is 2.47. The van der Waals surface area contributed by atoms with E-state index >= 15 is 0 Å². The van der Waals surface area contributed by atoms with Gasteiger partial charge in [0.05, 0.1) is 11.8 Å². The Hall–Kier alpha value is -1.49. The second-order valence-electron chi connectivity index (χ2n) is 5.62. The molecule has 0 spiro atoms. The lowest BCUT2D eigenvalue weighted by Crippen LogP contribution is -2.52. The molecular weight excluding hydrogens is 269 g/mol. The van der Waals surface area contributed by atoms with Gasteiger partial charge >= 0.3 is 0 Å². The summed E-state index contributed by atoms with van der Waals surface area (Å²) in [5, 5.41) is 2.97. The topological polar surface area (TPSA) is 45.2 Å². The molecule has 1 aliphatic heterocycles. The molecule has 4 nitrogen and oxygen atoms in total. The van der Waals surface area contributed by atoms with Gasteiger partial charge in [-0.1, -0.05) is 13.8 Å². The molecule has 2 heterocycles. The Labute approximate surface area is 126 Å². The van der Waals surface area contributed by atoms with Gasteiger partial charge in [0.1, 0.15) is 0 Å². The van der Waals surface area contributed by atoms with E-state index in [-0.39, 0.29) is 17.0 Å². The minimum Gasteiger partial charge on any atom is -0.347 e. The van der Waals surface area contributed by atoms with Crippen molar-refractivity contribution < 1.29 is 9.18 Å². The highest BCUT2D eigenvalue weighted by Gasteiger charge is 2.31. The molecule has 118 valence electrons. The molecule has 1 amide bonds. The Kier molecular flexibility index (Phi) is 6.27. The molecule has 0 bridgehead atoms. The lowest BCUT2D eigenvalue weighted by Gasteiger charge is -2.38. The number of halogens is 1. The highest BCUT2D eigenvalue weighted by molar-refractivity contribution is 5.95. The molecule has 2 rings (SSSR count). The number of pyridine rings is 1. The fourth-order valence-electron chi connectivity index (χ4n) is 2.30. The third kappa shape index (κ3) is 4.77. The first-order chi connectivity index (χ1) is 9.89. The normalized spacial score (nSPS) is 17.6. The molecule has 0 saturated carbocycles. The van der Waals surface area contributed by atoms with Crippen molar-refractivity contribution >= 4 is 5.91 Å². The number of rotatable bonds is 2. The van der Waals surface area contributed by atoms with Crippen LogP contribution in [-0.4, -0.2) is 41.5 Å². The first kappa shape index (κ1) is 17.6. The standard InChI is InChI=1S/C14H20FN3O.C2H6/c1-10-8-11(12(15)9-16-10)13(19)17-14(2)4-6-18(3)7-5-14;1-2/h8-9H,4-7H2,1-3H3,(H,17,19);1-2H3. The number of carbonyl (C=O) groups is 1. The number of amides is 1. The van der Waals surface area contributed by atoms with Crippen molar-refractivity contribution in [1.29, 1.82) is 0 Å². The zero-order chi connectivity index (χ0) is 16.0. The summed E-state index contributed by atoms with van der Waals surface area (Å²) in [5.74, 6) is -0.922. The lowest BCUT2D eigenvalue weighted by atomic mass is 9.89. The largest absolute Gasteiger partial charge is 0.347 e. The average molecular weight is 295 g/mol. The molecular formula is C16H26FN3O. The van der Waals surface area contributed by atoms with Gasteiger partial charge in [0, 0.05) is 24.3 Å². The van der Waals surface area contributed by atoms with Crippen molar-refractivity contribution in [2.24, 2.45) is 0 Å². The molecule has 1 aliphatic rings. The third-order valence-electron chi connectivity index (χ3n) is 3.74. The van der Waals surface area contributed by atoms with Crippen molar-refractivity contribution in [3.05, 3.63) is 29.3 Å². The van der Waals surface area contributed by atoms with Crippen molar-refractivity contribution in [2.45, 2.75) is 46.1 Å². The van der Waals surface area contributed by atoms with Crippen molar-refractivity contribution in [3.8, 4) is 0 Å². The van der Waals surface area contributed by atoms with Crippen molar-refractivity contribution in [1.82, 2.24) is 15.2 Å².